The van der Waals surface area contributed by atoms with E-state index in [1.54, 1.807) is 6.07 Å². The third-order valence-electron chi connectivity index (χ3n) is 3.37. The normalized spacial score (nSPS) is 10.7. The second-order valence-electron chi connectivity index (χ2n) is 5.83. The molecule has 0 spiro atoms. The van der Waals surface area contributed by atoms with Crippen LogP contribution in [0.25, 0.3) is 0 Å². The number of nitrogens with one attached hydrogen (secondary N) is 2. The first kappa shape index (κ1) is 17.6. The summed E-state index contributed by atoms with van der Waals surface area (Å²) in [5, 5.41) is 5.97. The molecule has 7 heteroatoms. The van der Waals surface area contributed by atoms with Crippen molar-refractivity contribution in [1.82, 2.24) is 9.97 Å². The van der Waals surface area contributed by atoms with Crippen molar-refractivity contribution in [3.63, 3.8) is 0 Å². The largest absolute Gasteiger partial charge is 0.489 e. The van der Waals surface area contributed by atoms with E-state index in [0.29, 0.717) is 17.4 Å². The molecule has 0 fully saturated rings. The lowest BCUT2D eigenvalue weighted by molar-refractivity contribution is 0.244. The molecule has 26 heavy (non-hydrogen) atoms. The number of ether oxygens (including phenoxy) is 1. The molecule has 1 aromatic heterocycles. The van der Waals surface area contributed by atoms with Gasteiger partial charge in [-0.1, -0.05) is 12.1 Å². The summed E-state index contributed by atoms with van der Waals surface area (Å²) in [5.74, 6) is 0.231. The Balaban J connectivity index is 1.80. The molecular formula is C19H18F2N4O. The molecule has 2 aromatic carbocycles. The fourth-order valence-electron chi connectivity index (χ4n) is 2.29. The summed E-state index contributed by atoms with van der Waals surface area (Å²) in [6.45, 7) is 3.89. The number of hydrogen-bond acceptors (Lipinski definition) is 5. The Labute approximate surface area is 150 Å². The van der Waals surface area contributed by atoms with Crippen LogP contribution >= 0.6 is 0 Å². The zero-order chi connectivity index (χ0) is 18.5. The second kappa shape index (κ2) is 7.77. The number of halogens is 2. The van der Waals surface area contributed by atoms with Gasteiger partial charge in [-0.05, 0) is 38.1 Å². The predicted molar refractivity (Wildman–Crippen MR) is 97.2 cm³/mol. The Bertz CT molecular complexity index is 902. The van der Waals surface area contributed by atoms with E-state index < -0.39 is 11.6 Å². The van der Waals surface area contributed by atoms with Crippen LogP contribution in [-0.2, 0) is 0 Å². The number of anilines is 4. The van der Waals surface area contributed by atoms with Gasteiger partial charge < -0.3 is 15.4 Å². The highest BCUT2D eigenvalue weighted by atomic mass is 19.1. The lowest BCUT2D eigenvalue weighted by atomic mass is 10.2. The minimum absolute atomic E-state index is 0.0297. The van der Waals surface area contributed by atoms with Gasteiger partial charge in [-0.25, -0.2) is 18.7 Å². The van der Waals surface area contributed by atoms with E-state index >= 15 is 0 Å². The first-order valence-corrected chi connectivity index (χ1v) is 8.08. The van der Waals surface area contributed by atoms with Crippen LogP contribution in [0.3, 0.4) is 0 Å². The zero-order valence-electron chi connectivity index (χ0n) is 14.3. The standard InChI is InChI=1S/C19H18F2N4O/c1-12(2)26-17-6-4-3-5-16(17)25-19-10-18(22-11-23-19)24-15-8-7-13(20)9-14(15)21/h3-12H,1-2H3,(H2,22,23,24,25). The highest BCUT2D eigenvalue weighted by Gasteiger charge is 2.08. The Morgan fingerprint density at radius 2 is 1.58 bits per heavy atom. The number of rotatable bonds is 6. The summed E-state index contributed by atoms with van der Waals surface area (Å²) < 4.78 is 32.5. The van der Waals surface area contributed by atoms with E-state index in [1.165, 1.54) is 18.5 Å². The molecule has 0 aliphatic heterocycles. The van der Waals surface area contributed by atoms with Crippen LogP contribution in [0.4, 0.5) is 31.8 Å². The van der Waals surface area contributed by atoms with Crippen LogP contribution < -0.4 is 15.4 Å². The Morgan fingerprint density at radius 1 is 0.885 bits per heavy atom. The zero-order valence-corrected chi connectivity index (χ0v) is 14.3. The third kappa shape index (κ3) is 4.44. The molecule has 3 rings (SSSR count). The van der Waals surface area contributed by atoms with Gasteiger partial charge in [0.2, 0.25) is 0 Å². The third-order valence-corrected chi connectivity index (χ3v) is 3.37. The number of nitrogens with zero attached hydrogens (tertiary/aromatic N) is 2. The molecule has 0 atom stereocenters. The van der Waals surface area contributed by atoms with Crippen molar-refractivity contribution in [2.45, 2.75) is 20.0 Å². The molecule has 0 unspecified atom stereocenters. The molecule has 0 amide bonds. The summed E-state index contributed by atoms with van der Waals surface area (Å²) in [7, 11) is 0. The van der Waals surface area contributed by atoms with Crippen LogP contribution in [0.2, 0.25) is 0 Å². The van der Waals surface area contributed by atoms with Gasteiger partial charge in [0.05, 0.1) is 17.5 Å². The molecule has 0 radical (unpaired) electrons. The van der Waals surface area contributed by atoms with Crippen molar-refractivity contribution >= 4 is 23.0 Å². The highest BCUT2D eigenvalue weighted by molar-refractivity contribution is 5.67. The van der Waals surface area contributed by atoms with Gasteiger partial charge in [-0.2, -0.15) is 0 Å². The molecule has 1 heterocycles. The van der Waals surface area contributed by atoms with E-state index in [0.717, 1.165) is 11.8 Å². The Kier molecular flexibility index (Phi) is 5.26. The molecule has 134 valence electrons. The summed E-state index contributed by atoms with van der Waals surface area (Å²) >= 11 is 0. The Hall–Kier alpha value is -3.22. The van der Waals surface area contributed by atoms with E-state index in [1.807, 2.05) is 38.1 Å². The van der Waals surface area contributed by atoms with Crippen LogP contribution in [0, 0.1) is 11.6 Å². The van der Waals surface area contributed by atoms with Gasteiger partial charge in [0.25, 0.3) is 0 Å². The van der Waals surface area contributed by atoms with Crippen molar-refractivity contribution < 1.29 is 13.5 Å². The predicted octanol–water partition coefficient (Wildman–Crippen LogP) is 5.03. The van der Waals surface area contributed by atoms with E-state index in [9.17, 15) is 8.78 Å². The number of para-hydroxylation sites is 2. The topological polar surface area (TPSA) is 59.1 Å². The average Bonchev–Trinajstić information content (AvgIpc) is 2.59. The monoisotopic (exact) mass is 356 g/mol. The molecular weight excluding hydrogens is 338 g/mol. The minimum Gasteiger partial charge on any atom is -0.489 e. The second-order valence-corrected chi connectivity index (χ2v) is 5.83. The fourth-order valence-corrected chi connectivity index (χ4v) is 2.29. The first-order chi connectivity index (χ1) is 12.5. The summed E-state index contributed by atoms with van der Waals surface area (Å²) in [6.07, 6.45) is 1.37. The molecule has 3 aromatic rings. The van der Waals surface area contributed by atoms with Crippen molar-refractivity contribution in [3.8, 4) is 5.75 Å². The van der Waals surface area contributed by atoms with Crippen molar-refractivity contribution in [3.05, 3.63) is 66.5 Å². The van der Waals surface area contributed by atoms with E-state index in [-0.39, 0.29) is 11.8 Å². The molecule has 5 nitrogen and oxygen atoms in total. The molecule has 0 saturated heterocycles. The number of benzene rings is 2. The van der Waals surface area contributed by atoms with Crippen molar-refractivity contribution in [2.24, 2.45) is 0 Å². The summed E-state index contributed by atoms with van der Waals surface area (Å²) in [5.41, 5.74) is 0.874. The van der Waals surface area contributed by atoms with Crippen LogP contribution in [-0.4, -0.2) is 16.1 Å². The van der Waals surface area contributed by atoms with Crippen LogP contribution in [0.5, 0.6) is 5.75 Å². The molecule has 0 aliphatic carbocycles. The van der Waals surface area contributed by atoms with Gasteiger partial charge in [0, 0.05) is 12.1 Å². The van der Waals surface area contributed by atoms with Gasteiger partial charge in [0.1, 0.15) is 35.3 Å². The summed E-state index contributed by atoms with van der Waals surface area (Å²) in [6, 6.07) is 12.4. The van der Waals surface area contributed by atoms with E-state index in [2.05, 4.69) is 20.6 Å². The quantitative estimate of drug-likeness (QED) is 0.649. The fraction of sp³-hybridized carbons (Fsp3) is 0.158. The average molecular weight is 356 g/mol. The van der Waals surface area contributed by atoms with Gasteiger partial charge >= 0.3 is 0 Å². The first-order valence-electron chi connectivity index (χ1n) is 8.08. The minimum atomic E-state index is -0.700. The van der Waals surface area contributed by atoms with Gasteiger partial charge in [-0.15, -0.1) is 0 Å². The van der Waals surface area contributed by atoms with Crippen molar-refractivity contribution in [2.75, 3.05) is 10.6 Å². The van der Waals surface area contributed by atoms with Crippen LogP contribution in [0.1, 0.15) is 13.8 Å². The molecule has 0 bridgehead atoms. The number of aromatic nitrogens is 2. The highest BCUT2D eigenvalue weighted by Crippen LogP contribution is 2.28. The molecule has 0 saturated carbocycles. The number of hydrogen-bond donors (Lipinski definition) is 2. The lowest BCUT2D eigenvalue weighted by Crippen LogP contribution is -2.07. The van der Waals surface area contributed by atoms with Crippen LogP contribution in [0.15, 0.2) is 54.9 Å². The van der Waals surface area contributed by atoms with Gasteiger partial charge in [-0.3, -0.25) is 0 Å². The smallest absolute Gasteiger partial charge is 0.149 e. The molecule has 2 N–H and O–H groups in total. The Morgan fingerprint density at radius 3 is 2.27 bits per heavy atom. The maximum atomic E-state index is 13.8. The van der Waals surface area contributed by atoms with Gasteiger partial charge in [0.15, 0.2) is 0 Å². The van der Waals surface area contributed by atoms with Crippen molar-refractivity contribution in [1.29, 1.82) is 0 Å². The SMILES string of the molecule is CC(C)Oc1ccccc1Nc1cc(Nc2ccc(F)cc2F)ncn1. The maximum Gasteiger partial charge on any atom is 0.149 e. The maximum absolute atomic E-state index is 13.8. The van der Waals surface area contributed by atoms with E-state index in [4.69, 9.17) is 4.74 Å². The molecule has 0 aliphatic rings. The summed E-state index contributed by atoms with van der Waals surface area (Å²) in [4.78, 5) is 8.22. The lowest BCUT2D eigenvalue weighted by Gasteiger charge is -2.15.